The van der Waals surface area contributed by atoms with Gasteiger partial charge in [-0.25, -0.2) is 0 Å². The Hall–Kier alpha value is -5.14. The van der Waals surface area contributed by atoms with Gasteiger partial charge >= 0.3 is 0 Å². The predicted octanol–water partition coefficient (Wildman–Crippen LogP) is 13.9. The Morgan fingerprint density at radius 3 is 1.61 bits per heavy atom. The summed E-state index contributed by atoms with van der Waals surface area (Å²) in [6.07, 6.45) is 0. The van der Waals surface area contributed by atoms with E-state index in [1.54, 1.807) is 0 Å². The number of hydrogen-bond donors (Lipinski definition) is 0. The molecule has 0 saturated carbocycles. The summed E-state index contributed by atoms with van der Waals surface area (Å²) in [5.41, 5.74) is 14.3. The summed E-state index contributed by atoms with van der Waals surface area (Å²) < 4.78 is 0. The van der Waals surface area contributed by atoms with Gasteiger partial charge in [-0.15, -0.1) is 0 Å². The number of benzene rings is 7. The lowest BCUT2D eigenvalue weighted by Gasteiger charge is -2.49. The highest BCUT2D eigenvalue weighted by molar-refractivity contribution is 6.09. The monoisotopic (exact) mass is 661 g/mol. The van der Waals surface area contributed by atoms with Crippen molar-refractivity contribution in [2.75, 3.05) is 4.90 Å². The van der Waals surface area contributed by atoms with Gasteiger partial charge in [-0.3, -0.25) is 0 Å². The normalized spacial score (nSPS) is 17.3. The number of fused-ring (bicyclic) bond motifs is 9. The second-order valence-electron chi connectivity index (χ2n) is 17.1. The van der Waals surface area contributed by atoms with E-state index in [0.717, 1.165) is 5.69 Å². The zero-order valence-corrected chi connectivity index (χ0v) is 31.2. The first-order valence-electron chi connectivity index (χ1n) is 18.5. The van der Waals surface area contributed by atoms with Crippen molar-refractivity contribution < 1.29 is 0 Å². The molecule has 0 heterocycles. The lowest BCUT2D eigenvalue weighted by Crippen LogP contribution is -2.43. The van der Waals surface area contributed by atoms with Gasteiger partial charge in [0, 0.05) is 17.1 Å². The molecule has 0 spiro atoms. The molecule has 7 aromatic carbocycles. The standard InChI is InChI=1S/C50H47N/c1-47(2)43-21-15-14-20-38(43)39-26-24-36(30-45(39)49(47,5)6)51(34-17-10-9-11-18-34)35-25-27-44-42(29-35)41-28-33-23-22-32-16-12-13-19-37(32)40(33)31-46(41)50(7,8)48(44,3)4/h9-31H,1-8H3. The highest BCUT2D eigenvalue weighted by Gasteiger charge is 2.47. The van der Waals surface area contributed by atoms with Gasteiger partial charge in [0.15, 0.2) is 0 Å². The highest BCUT2D eigenvalue weighted by atomic mass is 15.1. The third-order valence-corrected chi connectivity index (χ3v) is 13.7. The van der Waals surface area contributed by atoms with Crippen molar-refractivity contribution >= 4 is 38.6 Å². The molecule has 1 nitrogen and oxygen atoms in total. The first-order chi connectivity index (χ1) is 24.3. The van der Waals surface area contributed by atoms with Crippen LogP contribution in [0.25, 0.3) is 43.8 Å². The minimum absolute atomic E-state index is 0.0329. The van der Waals surface area contributed by atoms with E-state index in [1.165, 1.54) is 77.4 Å². The van der Waals surface area contributed by atoms with Crippen LogP contribution in [0.5, 0.6) is 0 Å². The van der Waals surface area contributed by atoms with E-state index >= 15 is 0 Å². The largest absolute Gasteiger partial charge is 0.310 e. The van der Waals surface area contributed by atoms with Crippen LogP contribution < -0.4 is 4.90 Å². The van der Waals surface area contributed by atoms with Gasteiger partial charge in [-0.2, -0.15) is 0 Å². The van der Waals surface area contributed by atoms with Crippen LogP contribution in [0.3, 0.4) is 0 Å². The third kappa shape index (κ3) is 4.34. The van der Waals surface area contributed by atoms with Gasteiger partial charge in [-0.05, 0) is 136 Å². The van der Waals surface area contributed by atoms with Gasteiger partial charge in [-0.1, -0.05) is 146 Å². The molecule has 2 aliphatic carbocycles. The summed E-state index contributed by atoms with van der Waals surface area (Å²) in [4.78, 5) is 2.46. The summed E-state index contributed by atoms with van der Waals surface area (Å²) in [6.45, 7) is 19.4. The molecule has 0 unspecified atom stereocenters. The van der Waals surface area contributed by atoms with Crippen LogP contribution in [0.1, 0.15) is 77.6 Å². The Balaban J connectivity index is 1.28. The first-order valence-corrected chi connectivity index (χ1v) is 18.5. The van der Waals surface area contributed by atoms with Crippen molar-refractivity contribution in [3.63, 3.8) is 0 Å². The smallest absolute Gasteiger partial charge is 0.0468 e. The maximum Gasteiger partial charge on any atom is 0.0468 e. The van der Waals surface area contributed by atoms with Crippen LogP contribution in [-0.4, -0.2) is 0 Å². The molecule has 252 valence electrons. The van der Waals surface area contributed by atoms with Crippen LogP contribution >= 0.6 is 0 Å². The second kappa shape index (κ2) is 10.7. The summed E-state index contributed by atoms with van der Waals surface area (Å²) in [5.74, 6) is 0. The Labute approximate surface area is 303 Å². The Bertz CT molecular complexity index is 2530. The van der Waals surface area contributed by atoms with Gasteiger partial charge < -0.3 is 4.90 Å². The average molecular weight is 662 g/mol. The molecular formula is C50H47N. The fourth-order valence-electron chi connectivity index (χ4n) is 9.29. The molecule has 7 aromatic rings. The number of nitrogens with zero attached hydrogens (tertiary/aromatic N) is 1. The van der Waals surface area contributed by atoms with Gasteiger partial charge in [0.25, 0.3) is 0 Å². The van der Waals surface area contributed by atoms with E-state index in [4.69, 9.17) is 0 Å². The molecule has 1 heteroatoms. The number of hydrogen-bond acceptors (Lipinski definition) is 1. The Morgan fingerprint density at radius 1 is 0.314 bits per heavy atom. The zero-order valence-electron chi connectivity index (χ0n) is 31.2. The maximum absolute atomic E-state index is 2.50. The molecule has 51 heavy (non-hydrogen) atoms. The van der Waals surface area contributed by atoms with E-state index in [-0.39, 0.29) is 21.7 Å². The van der Waals surface area contributed by atoms with E-state index in [9.17, 15) is 0 Å². The van der Waals surface area contributed by atoms with E-state index in [1.807, 2.05) is 0 Å². The van der Waals surface area contributed by atoms with Crippen molar-refractivity contribution in [2.24, 2.45) is 0 Å². The van der Waals surface area contributed by atoms with Crippen LogP contribution in [0.4, 0.5) is 17.1 Å². The summed E-state index contributed by atoms with van der Waals surface area (Å²) >= 11 is 0. The second-order valence-corrected chi connectivity index (χ2v) is 17.1. The molecule has 0 N–H and O–H groups in total. The first kappa shape index (κ1) is 31.8. The topological polar surface area (TPSA) is 3.24 Å². The maximum atomic E-state index is 2.50. The zero-order chi connectivity index (χ0) is 35.5. The Morgan fingerprint density at radius 2 is 0.843 bits per heavy atom. The third-order valence-electron chi connectivity index (χ3n) is 13.7. The van der Waals surface area contributed by atoms with Crippen molar-refractivity contribution in [3.8, 4) is 22.3 Å². The molecule has 0 saturated heterocycles. The minimum atomic E-state index is -0.0848. The van der Waals surface area contributed by atoms with Gasteiger partial charge in [0.05, 0.1) is 0 Å². The van der Waals surface area contributed by atoms with Crippen LogP contribution in [-0.2, 0) is 21.7 Å². The van der Waals surface area contributed by atoms with Crippen molar-refractivity contribution in [3.05, 3.63) is 162 Å². The summed E-state index contributed by atoms with van der Waals surface area (Å²) in [6, 6.07) is 52.6. The lowest BCUT2D eigenvalue weighted by molar-refractivity contribution is 0.299. The molecular weight excluding hydrogens is 615 g/mol. The fourth-order valence-corrected chi connectivity index (χ4v) is 9.29. The van der Waals surface area contributed by atoms with Crippen molar-refractivity contribution in [2.45, 2.75) is 77.0 Å². The van der Waals surface area contributed by atoms with E-state index in [2.05, 4.69) is 200 Å². The molecule has 0 amide bonds. The molecule has 0 aromatic heterocycles. The predicted molar refractivity (Wildman–Crippen MR) is 219 cm³/mol. The van der Waals surface area contributed by atoms with E-state index in [0.29, 0.717) is 0 Å². The molecule has 0 aliphatic heterocycles. The Kier molecular flexibility index (Phi) is 6.67. The molecule has 2 aliphatic rings. The lowest BCUT2D eigenvalue weighted by atomic mass is 9.55. The molecule has 9 rings (SSSR count). The highest BCUT2D eigenvalue weighted by Crippen LogP contribution is 2.57. The SMILES string of the molecule is CC1(C)c2ccccc2-c2ccc(N(c3ccccc3)c3ccc4c(c3)-c3cc5ccc6ccccc6c5cc3C(C)(C)C4(C)C)cc2C1(C)C. The number of para-hydroxylation sites is 1. The quantitative estimate of drug-likeness (QED) is 0.170. The van der Waals surface area contributed by atoms with Gasteiger partial charge in [0.2, 0.25) is 0 Å². The minimum Gasteiger partial charge on any atom is -0.310 e. The summed E-state index contributed by atoms with van der Waals surface area (Å²) in [5, 5.41) is 5.24. The van der Waals surface area contributed by atoms with Crippen molar-refractivity contribution in [1.29, 1.82) is 0 Å². The van der Waals surface area contributed by atoms with Crippen molar-refractivity contribution in [1.82, 2.24) is 0 Å². The average Bonchev–Trinajstić information content (AvgIpc) is 3.13. The molecule has 0 atom stereocenters. The summed E-state index contributed by atoms with van der Waals surface area (Å²) in [7, 11) is 0. The van der Waals surface area contributed by atoms with Gasteiger partial charge in [0.1, 0.15) is 0 Å². The van der Waals surface area contributed by atoms with E-state index < -0.39 is 0 Å². The number of rotatable bonds is 3. The van der Waals surface area contributed by atoms with Crippen LogP contribution in [0.15, 0.2) is 140 Å². The molecule has 0 fully saturated rings. The van der Waals surface area contributed by atoms with Crippen LogP contribution in [0.2, 0.25) is 0 Å². The fraction of sp³-hybridized carbons (Fsp3) is 0.240. The molecule has 0 bridgehead atoms. The number of anilines is 3. The van der Waals surface area contributed by atoms with Crippen LogP contribution in [0, 0.1) is 0 Å². The molecule has 0 radical (unpaired) electrons.